The highest BCUT2D eigenvalue weighted by Crippen LogP contribution is 2.25. The molecule has 0 radical (unpaired) electrons. The number of ether oxygens (including phenoxy) is 1. The topological polar surface area (TPSA) is 21.3 Å². The van der Waals surface area contributed by atoms with Gasteiger partial charge < -0.3 is 10.1 Å². The van der Waals surface area contributed by atoms with E-state index in [9.17, 15) is 8.78 Å². The summed E-state index contributed by atoms with van der Waals surface area (Å²) in [7, 11) is 0. The molecule has 0 aliphatic heterocycles. The van der Waals surface area contributed by atoms with Gasteiger partial charge in [0.15, 0.2) is 11.6 Å². The molecule has 0 atom stereocenters. The minimum Gasteiger partial charge on any atom is -0.454 e. The second-order valence-corrected chi connectivity index (χ2v) is 4.50. The minimum absolute atomic E-state index is 0.0885. The van der Waals surface area contributed by atoms with Crippen LogP contribution in [0.5, 0.6) is 11.5 Å². The van der Waals surface area contributed by atoms with E-state index < -0.39 is 11.6 Å². The van der Waals surface area contributed by atoms with Crippen molar-refractivity contribution in [2.45, 2.75) is 19.9 Å². The molecule has 20 heavy (non-hydrogen) atoms. The number of hydrogen-bond donors (Lipinski definition) is 1. The highest BCUT2D eigenvalue weighted by atomic mass is 19.1. The number of benzene rings is 2. The van der Waals surface area contributed by atoms with Crippen LogP contribution in [0.15, 0.2) is 42.5 Å². The lowest BCUT2D eigenvalue weighted by Gasteiger charge is -2.09. The monoisotopic (exact) mass is 277 g/mol. The minimum atomic E-state index is -0.470. The summed E-state index contributed by atoms with van der Waals surface area (Å²) in [4.78, 5) is 0. The molecule has 0 saturated carbocycles. The van der Waals surface area contributed by atoms with Crippen molar-refractivity contribution >= 4 is 0 Å². The van der Waals surface area contributed by atoms with Crippen LogP contribution in [0.3, 0.4) is 0 Å². The number of halogens is 2. The van der Waals surface area contributed by atoms with Crippen LogP contribution in [-0.4, -0.2) is 6.54 Å². The molecule has 0 aliphatic rings. The van der Waals surface area contributed by atoms with E-state index in [1.807, 2.05) is 0 Å². The molecule has 0 aromatic heterocycles. The maximum Gasteiger partial charge on any atom is 0.165 e. The van der Waals surface area contributed by atoms with Gasteiger partial charge in [-0.25, -0.2) is 8.78 Å². The first kappa shape index (κ1) is 14.5. The summed E-state index contributed by atoms with van der Waals surface area (Å²) in [5, 5.41) is 3.18. The molecule has 0 spiro atoms. The quantitative estimate of drug-likeness (QED) is 0.797. The standard InChI is InChI=1S/C16H17F2NO/c1-2-7-19-11-12-8-13(17)10-14(9-12)20-16-6-4-3-5-15(16)18/h3-6,8-10,19H,2,7,11H2,1H3. The zero-order valence-electron chi connectivity index (χ0n) is 11.3. The Balaban J connectivity index is 2.13. The molecular formula is C16H17F2NO. The van der Waals surface area contributed by atoms with Crippen molar-refractivity contribution in [2.75, 3.05) is 6.54 Å². The van der Waals surface area contributed by atoms with Gasteiger partial charge in [-0.15, -0.1) is 0 Å². The van der Waals surface area contributed by atoms with E-state index in [1.54, 1.807) is 18.2 Å². The van der Waals surface area contributed by atoms with Crippen molar-refractivity contribution in [3.63, 3.8) is 0 Å². The molecule has 4 heteroatoms. The van der Waals surface area contributed by atoms with Crippen LogP contribution < -0.4 is 10.1 Å². The third-order valence-electron chi connectivity index (χ3n) is 2.75. The van der Waals surface area contributed by atoms with Gasteiger partial charge in [0.25, 0.3) is 0 Å². The summed E-state index contributed by atoms with van der Waals surface area (Å²) >= 11 is 0. The van der Waals surface area contributed by atoms with Crippen LogP contribution in [-0.2, 0) is 6.54 Å². The lowest BCUT2D eigenvalue weighted by atomic mass is 10.2. The van der Waals surface area contributed by atoms with Gasteiger partial charge in [-0.1, -0.05) is 19.1 Å². The summed E-state index contributed by atoms with van der Waals surface area (Å²) < 4.78 is 32.4. The van der Waals surface area contributed by atoms with Crippen molar-refractivity contribution in [2.24, 2.45) is 0 Å². The molecule has 0 aliphatic carbocycles. The maximum absolute atomic E-state index is 13.5. The number of para-hydroxylation sites is 1. The van der Waals surface area contributed by atoms with Crippen molar-refractivity contribution < 1.29 is 13.5 Å². The van der Waals surface area contributed by atoms with E-state index in [2.05, 4.69) is 12.2 Å². The molecule has 0 amide bonds. The molecule has 0 heterocycles. The van der Waals surface area contributed by atoms with Gasteiger partial charge in [0.2, 0.25) is 0 Å². The first-order valence-corrected chi connectivity index (χ1v) is 6.61. The molecule has 2 nitrogen and oxygen atoms in total. The number of rotatable bonds is 6. The van der Waals surface area contributed by atoms with Gasteiger partial charge in [0.1, 0.15) is 11.6 Å². The average molecular weight is 277 g/mol. The van der Waals surface area contributed by atoms with Gasteiger partial charge in [0.05, 0.1) is 0 Å². The molecule has 2 aromatic carbocycles. The highest BCUT2D eigenvalue weighted by Gasteiger charge is 2.06. The second-order valence-electron chi connectivity index (χ2n) is 4.50. The van der Waals surface area contributed by atoms with Gasteiger partial charge in [-0.05, 0) is 42.8 Å². The largest absolute Gasteiger partial charge is 0.454 e. The molecule has 0 unspecified atom stereocenters. The predicted octanol–water partition coefficient (Wildman–Crippen LogP) is 4.26. The third kappa shape index (κ3) is 4.03. The zero-order chi connectivity index (χ0) is 14.4. The second kappa shape index (κ2) is 7.01. The van der Waals surface area contributed by atoms with E-state index in [0.717, 1.165) is 18.5 Å². The van der Waals surface area contributed by atoms with Crippen LogP contribution in [0.25, 0.3) is 0 Å². The third-order valence-corrected chi connectivity index (χ3v) is 2.75. The number of hydrogen-bond acceptors (Lipinski definition) is 2. The summed E-state index contributed by atoms with van der Waals surface area (Å²) in [5.74, 6) is -0.483. The van der Waals surface area contributed by atoms with Crippen molar-refractivity contribution in [1.29, 1.82) is 0 Å². The molecule has 106 valence electrons. The Labute approximate surface area is 117 Å². The molecule has 0 fully saturated rings. The lowest BCUT2D eigenvalue weighted by Crippen LogP contribution is -2.13. The smallest absolute Gasteiger partial charge is 0.165 e. The number of nitrogens with one attached hydrogen (secondary N) is 1. The van der Waals surface area contributed by atoms with Crippen molar-refractivity contribution in [3.05, 3.63) is 59.7 Å². The lowest BCUT2D eigenvalue weighted by molar-refractivity contribution is 0.438. The summed E-state index contributed by atoms with van der Waals surface area (Å²) in [5.41, 5.74) is 0.768. The maximum atomic E-state index is 13.5. The SMILES string of the molecule is CCCNCc1cc(F)cc(Oc2ccccc2F)c1. The molecule has 0 bridgehead atoms. The Bertz CT molecular complexity index is 572. The highest BCUT2D eigenvalue weighted by molar-refractivity contribution is 5.35. The van der Waals surface area contributed by atoms with Crippen molar-refractivity contribution in [1.82, 2.24) is 5.32 Å². The van der Waals surface area contributed by atoms with Crippen LogP contribution in [0.1, 0.15) is 18.9 Å². The molecule has 2 rings (SSSR count). The van der Waals surface area contributed by atoms with Gasteiger partial charge in [-0.2, -0.15) is 0 Å². The van der Waals surface area contributed by atoms with Crippen LogP contribution in [0, 0.1) is 11.6 Å². The van der Waals surface area contributed by atoms with E-state index in [1.165, 1.54) is 24.3 Å². The predicted molar refractivity (Wildman–Crippen MR) is 74.9 cm³/mol. The average Bonchev–Trinajstić information content (AvgIpc) is 2.41. The Morgan fingerprint density at radius 2 is 1.90 bits per heavy atom. The fourth-order valence-electron chi connectivity index (χ4n) is 1.85. The van der Waals surface area contributed by atoms with E-state index in [-0.39, 0.29) is 5.75 Å². The fraction of sp³-hybridized carbons (Fsp3) is 0.250. The first-order valence-electron chi connectivity index (χ1n) is 6.61. The zero-order valence-corrected chi connectivity index (χ0v) is 11.3. The summed E-state index contributed by atoms with van der Waals surface area (Å²) in [6.07, 6.45) is 1.01. The summed E-state index contributed by atoms with van der Waals surface area (Å²) in [6.45, 7) is 3.48. The fourth-order valence-corrected chi connectivity index (χ4v) is 1.85. The van der Waals surface area contributed by atoms with E-state index in [0.29, 0.717) is 12.3 Å². The van der Waals surface area contributed by atoms with Crippen LogP contribution in [0.4, 0.5) is 8.78 Å². The summed E-state index contributed by atoms with van der Waals surface area (Å²) in [6, 6.07) is 10.5. The molecule has 2 aromatic rings. The molecule has 1 N–H and O–H groups in total. The Morgan fingerprint density at radius 1 is 1.10 bits per heavy atom. The van der Waals surface area contributed by atoms with E-state index in [4.69, 9.17) is 4.74 Å². The van der Waals surface area contributed by atoms with Gasteiger partial charge >= 0.3 is 0 Å². The Hall–Kier alpha value is -1.94. The first-order chi connectivity index (χ1) is 9.69. The molecule has 0 saturated heterocycles. The Kier molecular flexibility index (Phi) is 5.07. The molecular weight excluding hydrogens is 260 g/mol. The van der Waals surface area contributed by atoms with Crippen LogP contribution in [0.2, 0.25) is 0 Å². The van der Waals surface area contributed by atoms with Crippen LogP contribution >= 0.6 is 0 Å². The Morgan fingerprint density at radius 3 is 2.65 bits per heavy atom. The van der Waals surface area contributed by atoms with Gasteiger partial charge in [-0.3, -0.25) is 0 Å². The van der Waals surface area contributed by atoms with Crippen molar-refractivity contribution in [3.8, 4) is 11.5 Å². The van der Waals surface area contributed by atoms with Gasteiger partial charge in [0, 0.05) is 12.6 Å². The van der Waals surface area contributed by atoms with E-state index >= 15 is 0 Å². The normalized spacial score (nSPS) is 10.6.